The normalized spacial score (nSPS) is 11.7. The van der Waals surface area contributed by atoms with Gasteiger partial charge in [-0.3, -0.25) is 4.79 Å². The second-order valence-corrected chi connectivity index (χ2v) is 3.82. The zero-order valence-corrected chi connectivity index (χ0v) is 9.34. The van der Waals surface area contributed by atoms with Crippen LogP contribution in [-0.4, -0.2) is 5.78 Å². The summed E-state index contributed by atoms with van der Waals surface area (Å²) in [5.74, 6) is -4.33. The zero-order chi connectivity index (χ0) is 12.7. The fourth-order valence-electron chi connectivity index (χ4n) is 1.12. The molecule has 0 saturated heterocycles. The number of benzene rings is 1. The van der Waals surface area contributed by atoms with Crippen LogP contribution in [0, 0.1) is 11.6 Å². The fourth-order valence-corrected chi connectivity index (χ4v) is 1.55. The lowest BCUT2D eigenvalue weighted by Crippen LogP contribution is -2.14. The highest BCUT2D eigenvalue weighted by atomic mass is 79.9. The van der Waals surface area contributed by atoms with Gasteiger partial charge in [-0.2, -0.15) is 13.2 Å². The number of ketones is 1. The second-order valence-electron chi connectivity index (χ2n) is 2.96. The van der Waals surface area contributed by atoms with Crippen LogP contribution >= 0.6 is 15.9 Å². The molecular weight excluding hydrogens is 299 g/mol. The number of rotatable bonds is 1. The lowest BCUT2D eigenvalue weighted by atomic mass is 10.1. The van der Waals surface area contributed by atoms with Crippen molar-refractivity contribution in [2.24, 2.45) is 0 Å². The quantitative estimate of drug-likeness (QED) is 0.436. The van der Waals surface area contributed by atoms with Gasteiger partial charge in [0.1, 0.15) is 5.82 Å². The summed E-state index contributed by atoms with van der Waals surface area (Å²) in [6, 6.07) is 0.261. The Morgan fingerprint density at radius 1 is 1.25 bits per heavy atom. The topological polar surface area (TPSA) is 17.1 Å². The Hall–Kier alpha value is -0.980. The van der Waals surface area contributed by atoms with E-state index < -0.39 is 39.2 Å². The molecule has 88 valence electrons. The molecule has 0 aliphatic heterocycles. The van der Waals surface area contributed by atoms with Gasteiger partial charge in [-0.1, -0.05) is 0 Å². The van der Waals surface area contributed by atoms with Gasteiger partial charge >= 0.3 is 6.18 Å². The highest BCUT2D eigenvalue weighted by Gasteiger charge is 2.37. The molecule has 0 spiro atoms. The molecule has 0 aromatic heterocycles. The summed E-state index contributed by atoms with van der Waals surface area (Å²) in [6.45, 7) is 0.786. The van der Waals surface area contributed by atoms with Crippen LogP contribution in [0.2, 0.25) is 0 Å². The molecule has 0 aliphatic carbocycles. The minimum Gasteiger partial charge on any atom is -0.294 e. The number of carbonyl (C=O) groups excluding carboxylic acids is 1. The minimum atomic E-state index is -4.98. The molecule has 0 fully saturated rings. The lowest BCUT2D eigenvalue weighted by molar-refractivity contribution is -0.140. The summed E-state index contributed by atoms with van der Waals surface area (Å²) in [4.78, 5) is 10.9. The van der Waals surface area contributed by atoms with Crippen molar-refractivity contribution in [3.8, 4) is 0 Å². The van der Waals surface area contributed by atoms with E-state index in [1.54, 1.807) is 0 Å². The molecule has 0 N–H and O–H groups in total. The van der Waals surface area contributed by atoms with E-state index in [4.69, 9.17) is 0 Å². The van der Waals surface area contributed by atoms with E-state index in [2.05, 4.69) is 15.9 Å². The van der Waals surface area contributed by atoms with E-state index in [0.29, 0.717) is 0 Å². The predicted octanol–water partition coefficient (Wildman–Crippen LogP) is 3.95. The molecule has 0 atom stereocenters. The molecule has 1 rings (SSSR count). The van der Waals surface area contributed by atoms with Gasteiger partial charge in [0, 0.05) is 0 Å². The summed E-state index contributed by atoms with van der Waals surface area (Å²) in [7, 11) is 0. The van der Waals surface area contributed by atoms with E-state index >= 15 is 0 Å². The van der Waals surface area contributed by atoms with Gasteiger partial charge in [0.05, 0.1) is 15.6 Å². The smallest absolute Gasteiger partial charge is 0.294 e. The molecule has 0 amide bonds. The standard InChI is InChI=1S/C9H4BrF5O/c1-3(16)6-7(11)4(9(13,14)15)2-5(10)8(6)12/h2H,1H3. The van der Waals surface area contributed by atoms with Crippen LogP contribution in [0.15, 0.2) is 10.5 Å². The van der Waals surface area contributed by atoms with Crippen molar-refractivity contribution < 1.29 is 26.7 Å². The first-order valence-corrected chi connectivity index (χ1v) is 4.71. The zero-order valence-electron chi connectivity index (χ0n) is 7.75. The van der Waals surface area contributed by atoms with Gasteiger partial charge in [0.25, 0.3) is 0 Å². The molecule has 0 aliphatic rings. The van der Waals surface area contributed by atoms with Crippen LogP contribution in [0.25, 0.3) is 0 Å². The number of halogens is 6. The molecular formula is C9H4BrF5O. The Morgan fingerprint density at radius 3 is 2.12 bits per heavy atom. The molecule has 0 saturated carbocycles. The number of carbonyl (C=O) groups is 1. The van der Waals surface area contributed by atoms with Gasteiger partial charge in [0.2, 0.25) is 0 Å². The second kappa shape index (κ2) is 4.12. The van der Waals surface area contributed by atoms with Gasteiger partial charge in [-0.25, -0.2) is 8.78 Å². The number of Topliss-reactive ketones (excluding diaryl/α,β-unsaturated/α-hetero) is 1. The number of alkyl halides is 3. The van der Waals surface area contributed by atoms with Gasteiger partial charge < -0.3 is 0 Å². The Morgan fingerprint density at radius 2 is 1.75 bits per heavy atom. The van der Waals surface area contributed by atoms with E-state index in [-0.39, 0.29) is 6.07 Å². The van der Waals surface area contributed by atoms with Crippen molar-refractivity contribution in [1.82, 2.24) is 0 Å². The van der Waals surface area contributed by atoms with Crippen molar-refractivity contribution in [2.45, 2.75) is 13.1 Å². The van der Waals surface area contributed by atoms with E-state index in [1.165, 1.54) is 0 Å². The van der Waals surface area contributed by atoms with E-state index in [0.717, 1.165) is 6.92 Å². The van der Waals surface area contributed by atoms with Gasteiger partial charge in [-0.15, -0.1) is 0 Å². The van der Waals surface area contributed by atoms with Crippen LogP contribution in [-0.2, 0) is 6.18 Å². The molecule has 0 bridgehead atoms. The van der Waals surface area contributed by atoms with Gasteiger partial charge in [-0.05, 0) is 28.9 Å². The molecule has 7 heteroatoms. The van der Waals surface area contributed by atoms with E-state index in [9.17, 15) is 26.7 Å². The van der Waals surface area contributed by atoms with Crippen LogP contribution in [0.3, 0.4) is 0 Å². The highest BCUT2D eigenvalue weighted by molar-refractivity contribution is 9.10. The maximum atomic E-state index is 13.3. The summed E-state index contributed by atoms with van der Waals surface area (Å²) < 4.78 is 62.8. The van der Waals surface area contributed by atoms with Crippen LogP contribution < -0.4 is 0 Å². The van der Waals surface area contributed by atoms with Gasteiger partial charge in [0.15, 0.2) is 11.6 Å². The molecule has 1 nitrogen and oxygen atoms in total. The summed E-state index contributed by atoms with van der Waals surface area (Å²) in [6.07, 6.45) is -4.98. The van der Waals surface area contributed by atoms with Crippen molar-refractivity contribution in [3.05, 3.63) is 33.3 Å². The molecule has 0 heterocycles. The van der Waals surface area contributed by atoms with Crippen molar-refractivity contribution in [3.63, 3.8) is 0 Å². The van der Waals surface area contributed by atoms with Crippen LogP contribution in [0.1, 0.15) is 22.8 Å². The molecule has 16 heavy (non-hydrogen) atoms. The summed E-state index contributed by atoms with van der Waals surface area (Å²) in [5.41, 5.74) is -2.87. The average Bonchev–Trinajstić information content (AvgIpc) is 2.09. The lowest BCUT2D eigenvalue weighted by Gasteiger charge is -2.11. The third kappa shape index (κ3) is 2.23. The third-order valence-corrected chi connectivity index (χ3v) is 2.39. The van der Waals surface area contributed by atoms with Crippen LogP contribution in [0.4, 0.5) is 22.0 Å². The largest absolute Gasteiger partial charge is 0.419 e. The predicted molar refractivity (Wildman–Crippen MR) is 49.1 cm³/mol. The average molecular weight is 303 g/mol. The molecule has 1 aromatic carbocycles. The number of hydrogen-bond acceptors (Lipinski definition) is 1. The molecule has 0 unspecified atom stereocenters. The maximum Gasteiger partial charge on any atom is 0.419 e. The molecule has 1 aromatic rings. The van der Waals surface area contributed by atoms with Crippen molar-refractivity contribution in [2.75, 3.05) is 0 Å². The Kier molecular flexibility index (Phi) is 3.37. The van der Waals surface area contributed by atoms with E-state index in [1.807, 2.05) is 0 Å². The first kappa shape index (κ1) is 13.1. The Bertz CT molecular complexity index is 452. The summed E-state index contributed by atoms with van der Waals surface area (Å²) >= 11 is 2.50. The SMILES string of the molecule is CC(=O)c1c(F)c(Br)cc(C(F)(F)F)c1F. The maximum absolute atomic E-state index is 13.3. The first-order valence-electron chi connectivity index (χ1n) is 3.92. The van der Waals surface area contributed by atoms with Crippen molar-refractivity contribution >= 4 is 21.7 Å². The third-order valence-electron chi connectivity index (χ3n) is 1.81. The monoisotopic (exact) mass is 302 g/mol. The van der Waals surface area contributed by atoms with Crippen LogP contribution in [0.5, 0.6) is 0 Å². The summed E-state index contributed by atoms with van der Waals surface area (Å²) in [5, 5.41) is 0. The van der Waals surface area contributed by atoms with Crippen molar-refractivity contribution in [1.29, 1.82) is 0 Å². The number of hydrogen-bond donors (Lipinski definition) is 0. The Balaban J connectivity index is 3.64. The Labute approximate surface area is 95.4 Å². The molecule has 0 radical (unpaired) electrons. The fraction of sp³-hybridized carbons (Fsp3) is 0.222. The minimum absolute atomic E-state index is 0.261. The highest BCUT2D eigenvalue weighted by Crippen LogP contribution is 2.36. The first-order chi connectivity index (χ1) is 7.16.